The Labute approximate surface area is 133 Å². The van der Waals surface area contributed by atoms with E-state index >= 15 is 0 Å². The van der Waals surface area contributed by atoms with Crippen molar-refractivity contribution in [2.24, 2.45) is 5.92 Å². The number of aromatic hydroxyl groups is 2. The normalized spacial score (nSPS) is 12.0. The van der Waals surface area contributed by atoms with Crippen molar-refractivity contribution in [1.82, 2.24) is 0 Å². The number of hydrogen-bond donors (Lipinski definition) is 2. The van der Waals surface area contributed by atoms with Crippen molar-refractivity contribution in [2.45, 2.75) is 60.3 Å². The Kier molecular flexibility index (Phi) is 6.66. The van der Waals surface area contributed by atoms with Crippen molar-refractivity contribution in [3.05, 3.63) is 34.4 Å². The molecule has 0 bridgehead atoms. The van der Waals surface area contributed by atoms with E-state index in [0.717, 1.165) is 19.3 Å². The molecule has 3 nitrogen and oxygen atoms in total. The molecule has 0 aliphatic carbocycles. The molecule has 0 heterocycles. The van der Waals surface area contributed by atoms with Gasteiger partial charge < -0.3 is 10.2 Å². The zero-order valence-corrected chi connectivity index (χ0v) is 14.4. The molecule has 0 aliphatic heterocycles. The lowest BCUT2D eigenvalue weighted by molar-refractivity contribution is 0.101. The molecule has 0 saturated carbocycles. The maximum absolute atomic E-state index is 11.6. The van der Waals surface area contributed by atoms with Crippen molar-refractivity contribution in [2.75, 3.05) is 0 Å². The number of rotatable bonds is 7. The second-order valence-electron chi connectivity index (χ2n) is 6.47. The number of Topliss-reactive ketones (excluding diaryl/α,β-unsaturated/α-hetero) is 1. The lowest BCUT2D eigenvalue weighted by Gasteiger charge is -2.15. The summed E-state index contributed by atoms with van der Waals surface area (Å²) in [6, 6.07) is 1.57. The average molecular weight is 304 g/mol. The second-order valence-corrected chi connectivity index (χ2v) is 6.47. The summed E-state index contributed by atoms with van der Waals surface area (Å²) in [6.07, 6.45) is 5.81. The summed E-state index contributed by atoms with van der Waals surface area (Å²) in [4.78, 5) is 11.6. The number of benzene rings is 1. The highest BCUT2D eigenvalue weighted by atomic mass is 16.3. The van der Waals surface area contributed by atoms with Gasteiger partial charge in [0.15, 0.2) is 5.78 Å². The first-order valence-electron chi connectivity index (χ1n) is 7.92. The van der Waals surface area contributed by atoms with E-state index in [9.17, 15) is 15.0 Å². The molecular formula is C19H28O3. The SMILES string of the molecule is CC(=O)c1c(C)cc(O)c(CCC(C)CCC=C(C)C)c1O. The first kappa shape index (κ1) is 18.3. The van der Waals surface area contributed by atoms with E-state index in [1.54, 1.807) is 13.0 Å². The number of phenolic OH excluding ortho intramolecular Hbond substituents is 2. The third-order valence-electron chi connectivity index (χ3n) is 4.03. The molecule has 0 aromatic heterocycles. The van der Waals surface area contributed by atoms with E-state index in [1.807, 2.05) is 0 Å². The molecule has 3 heteroatoms. The topological polar surface area (TPSA) is 57.5 Å². The Hall–Kier alpha value is -1.77. The molecule has 0 radical (unpaired) electrons. The first-order valence-corrected chi connectivity index (χ1v) is 7.92. The van der Waals surface area contributed by atoms with Crippen molar-refractivity contribution >= 4 is 5.78 Å². The van der Waals surface area contributed by atoms with E-state index in [0.29, 0.717) is 29.0 Å². The Morgan fingerprint density at radius 3 is 2.41 bits per heavy atom. The smallest absolute Gasteiger partial charge is 0.163 e. The maximum atomic E-state index is 11.6. The van der Waals surface area contributed by atoms with E-state index in [4.69, 9.17) is 0 Å². The van der Waals surface area contributed by atoms with E-state index < -0.39 is 0 Å². The van der Waals surface area contributed by atoms with E-state index in [-0.39, 0.29) is 17.3 Å². The van der Waals surface area contributed by atoms with E-state index in [1.165, 1.54) is 12.5 Å². The van der Waals surface area contributed by atoms with Gasteiger partial charge in [0, 0.05) is 5.56 Å². The number of ketones is 1. The van der Waals surface area contributed by atoms with Crippen molar-refractivity contribution in [1.29, 1.82) is 0 Å². The summed E-state index contributed by atoms with van der Waals surface area (Å²) in [5.41, 5.74) is 2.75. The van der Waals surface area contributed by atoms with Crippen LogP contribution in [0.25, 0.3) is 0 Å². The lowest BCUT2D eigenvalue weighted by Crippen LogP contribution is -2.03. The van der Waals surface area contributed by atoms with Crippen LogP contribution in [0.5, 0.6) is 11.5 Å². The van der Waals surface area contributed by atoms with Crippen LogP contribution in [0.15, 0.2) is 17.7 Å². The summed E-state index contributed by atoms with van der Waals surface area (Å²) in [5.74, 6) is 0.349. The zero-order chi connectivity index (χ0) is 16.9. The van der Waals surface area contributed by atoms with Gasteiger partial charge in [-0.05, 0) is 70.9 Å². The predicted octanol–water partition coefficient (Wildman–Crippen LogP) is 4.92. The molecular weight excluding hydrogens is 276 g/mol. The molecule has 0 amide bonds. The lowest BCUT2D eigenvalue weighted by atomic mass is 9.92. The van der Waals surface area contributed by atoms with Crippen LogP contribution in [-0.4, -0.2) is 16.0 Å². The summed E-state index contributed by atoms with van der Waals surface area (Å²) in [7, 11) is 0. The first-order chi connectivity index (χ1) is 10.2. The fourth-order valence-electron chi connectivity index (χ4n) is 2.71. The molecule has 122 valence electrons. The van der Waals surface area contributed by atoms with Crippen LogP contribution in [0, 0.1) is 12.8 Å². The standard InChI is InChI=1S/C19H28O3/c1-12(2)7-6-8-13(3)9-10-16-17(21)11-14(4)18(15(5)20)19(16)22/h7,11,13,21-22H,6,8-10H2,1-5H3. The van der Waals surface area contributed by atoms with Gasteiger partial charge >= 0.3 is 0 Å². The Morgan fingerprint density at radius 2 is 1.86 bits per heavy atom. The average Bonchev–Trinajstić information content (AvgIpc) is 2.36. The molecule has 1 unspecified atom stereocenters. The monoisotopic (exact) mass is 304 g/mol. The molecule has 0 spiro atoms. The molecule has 1 aromatic rings. The van der Waals surface area contributed by atoms with Crippen molar-refractivity contribution < 1.29 is 15.0 Å². The molecule has 1 rings (SSSR count). The Bertz CT molecular complexity index is 567. The van der Waals surface area contributed by atoms with Crippen molar-refractivity contribution in [3.63, 3.8) is 0 Å². The molecule has 0 saturated heterocycles. The predicted molar refractivity (Wildman–Crippen MR) is 90.7 cm³/mol. The van der Waals surface area contributed by atoms with Gasteiger partial charge in [-0.3, -0.25) is 4.79 Å². The third-order valence-corrected chi connectivity index (χ3v) is 4.03. The molecule has 1 aromatic carbocycles. The molecule has 0 fully saturated rings. The Balaban J connectivity index is 2.80. The van der Waals surface area contributed by atoms with Gasteiger partial charge in [0.05, 0.1) is 5.56 Å². The van der Waals surface area contributed by atoms with Crippen LogP contribution in [0.2, 0.25) is 0 Å². The number of phenols is 2. The number of allylic oxidation sites excluding steroid dienone is 2. The minimum absolute atomic E-state index is 0.0542. The van der Waals surface area contributed by atoms with Crippen LogP contribution >= 0.6 is 0 Å². The highest BCUT2D eigenvalue weighted by Gasteiger charge is 2.18. The van der Waals surface area contributed by atoms with Crippen LogP contribution in [-0.2, 0) is 6.42 Å². The van der Waals surface area contributed by atoms with Gasteiger partial charge in [-0.15, -0.1) is 0 Å². The van der Waals surface area contributed by atoms with Gasteiger partial charge in [-0.25, -0.2) is 0 Å². The van der Waals surface area contributed by atoms with Crippen LogP contribution in [0.4, 0.5) is 0 Å². The highest BCUT2D eigenvalue weighted by molar-refractivity contribution is 5.99. The number of carbonyl (C=O) groups excluding carboxylic acids is 1. The van der Waals surface area contributed by atoms with Crippen LogP contribution < -0.4 is 0 Å². The second kappa shape index (κ2) is 8.02. The molecule has 0 aliphatic rings. The highest BCUT2D eigenvalue weighted by Crippen LogP contribution is 2.35. The fourth-order valence-corrected chi connectivity index (χ4v) is 2.71. The van der Waals surface area contributed by atoms with Gasteiger partial charge in [-0.2, -0.15) is 0 Å². The summed E-state index contributed by atoms with van der Waals surface area (Å²) in [5, 5.41) is 20.4. The van der Waals surface area contributed by atoms with Crippen molar-refractivity contribution in [3.8, 4) is 11.5 Å². The maximum Gasteiger partial charge on any atom is 0.163 e. The summed E-state index contributed by atoms with van der Waals surface area (Å²) >= 11 is 0. The molecule has 1 atom stereocenters. The number of carbonyl (C=O) groups is 1. The van der Waals surface area contributed by atoms with Crippen LogP contribution in [0.3, 0.4) is 0 Å². The van der Waals surface area contributed by atoms with Gasteiger partial charge in [0.25, 0.3) is 0 Å². The van der Waals surface area contributed by atoms with E-state index in [2.05, 4.69) is 26.8 Å². The fraction of sp³-hybridized carbons (Fsp3) is 0.526. The minimum atomic E-state index is -0.173. The summed E-state index contributed by atoms with van der Waals surface area (Å²) < 4.78 is 0. The van der Waals surface area contributed by atoms with Gasteiger partial charge in [0.2, 0.25) is 0 Å². The molecule has 22 heavy (non-hydrogen) atoms. The third kappa shape index (κ3) is 4.90. The Morgan fingerprint density at radius 1 is 1.23 bits per heavy atom. The zero-order valence-electron chi connectivity index (χ0n) is 14.4. The number of hydrogen-bond acceptors (Lipinski definition) is 3. The summed E-state index contributed by atoms with van der Waals surface area (Å²) in [6.45, 7) is 9.52. The van der Waals surface area contributed by atoms with Gasteiger partial charge in [0.1, 0.15) is 11.5 Å². The van der Waals surface area contributed by atoms with Crippen LogP contribution in [0.1, 0.15) is 68.4 Å². The molecule has 2 N–H and O–H groups in total. The minimum Gasteiger partial charge on any atom is -0.508 e. The van der Waals surface area contributed by atoms with Gasteiger partial charge in [-0.1, -0.05) is 18.6 Å². The quantitative estimate of drug-likeness (QED) is 0.555. The number of aryl methyl sites for hydroxylation is 1. The largest absolute Gasteiger partial charge is 0.508 e.